The van der Waals surface area contributed by atoms with E-state index in [0.29, 0.717) is 46.8 Å². The predicted octanol–water partition coefficient (Wildman–Crippen LogP) is 7.43. The molecule has 2 amide bonds. The van der Waals surface area contributed by atoms with Crippen LogP contribution in [0, 0.1) is 52.3 Å². The second-order valence-electron chi connectivity index (χ2n) is 16.1. The first-order chi connectivity index (χ1) is 18.7. The minimum Gasteiger partial charge on any atom is -0.349 e. The first-order valence-electron chi connectivity index (χ1n) is 17.1. The molecule has 0 aromatic heterocycles. The monoisotopic (exact) mass is 540 g/mol. The van der Waals surface area contributed by atoms with Gasteiger partial charge in [-0.3, -0.25) is 0 Å². The summed E-state index contributed by atoms with van der Waals surface area (Å²) in [4.78, 5) is 12.8. The van der Waals surface area contributed by atoms with E-state index in [1.807, 2.05) is 0 Å². The molecule has 0 aromatic rings. The Hall–Kier alpha value is -0.810. The van der Waals surface area contributed by atoms with E-state index in [-0.39, 0.29) is 11.8 Å². The molecule has 1 spiro atoms. The van der Waals surface area contributed by atoms with E-state index in [1.165, 1.54) is 70.6 Å². The molecule has 2 aliphatic heterocycles. The number of carbonyl (C=O) groups excluding carboxylic acids is 1. The average Bonchev–Trinajstić information content (AvgIpc) is 3.36. The van der Waals surface area contributed by atoms with Crippen LogP contribution in [0.15, 0.2) is 0 Å². The maximum atomic E-state index is 12.8. The van der Waals surface area contributed by atoms with Crippen molar-refractivity contribution in [3.63, 3.8) is 0 Å². The molecule has 0 aromatic carbocycles. The summed E-state index contributed by atoms with van der Waals surface area (Å²) < 4.78 is 13.5. The number of urea groups is 1. The molecule has 5 aliphatic carbocycles. The number of rotatable bonds is 2. The maximum absolute atomic E-state index is 12.8. The summed E-state index contributed by atoms with van der Waals surface area (Å²) in [7, 11) is 0. The third-order valence-corrected chi connectivity index (χ3v) is 14.2. The highest BCUT2D eigenvalue weighted by Gasteiger charge is 2.69. The van der Waals surface area contributed by atoms with Gasteiger partial charge in [-0.05, 0) is 117 Å². The van der Waals surface area contributed by atoms with Gasteiger partial charge in [0.2, 0.25) is 0 Å². The summed E-state index contributed by atoms with van der Waals surface area (Å²) in [5.41, 5.74) is 0.844. The highest BCUT2D eigenvalue weighted by molar-refractivity contribution is 5.74. The second-order valence-corrected chi connectivity index (χ2v) is 16.1. The summed E-state index contributed by atoms with van der Waals surface area (Å²) >= 11 is 0. The fraction of sp³-hybridized carbons (Fsp3) is 0.971. The van der Waals surface area contributed by atoms with Gasteiger partial charge in [-0.1, -0.05) is 47.0 Å². The molecule has 7 aliphatic rings. The van der Waals surface area contributed by atoms with Gasteiger partial charge in [-0.15, -0.1) is 0 Å². The molecule has 2 N–H and O–H groups in total. The molecule has 2 saturated heterocycles. The normalized spacial score (nSPS) is 53.4. The van der Waals surface area contributed by atoms with Gasteiger partial charge in [0.1, 0.15) is 0 Å². The van der Waals surface area contributed by atoms with Crippen molar-refractivity contribution in [2.75, 3.05) is 6.61 Å². The van der Waals surface area contributed by atoms with Gasteiger partial charge < -0.3 is 20.1 Å². The zero-order valence-corrected chi connectivity index (χ0v) is 25.3. The molecule has 7 fully saturated rings. The molecule has 2 heterocycles. The third-order valence-electron chi connectivity index (χ3n) is 14.2. The largest absolute Gasteiger partial charge is 0.349 e. The lowest BCUT2D eigenvalue weighted by Gasteiger charge is -2.61. The number of fused-ring (bicyclic) bond motifs is 7. The van der Waals surface area contributed by atoms with Gasteiger partial charge in [-0.2, -0.15) is 0 Å². The Bertz CT molecular complexity index is 925. The lowest BCUT2D eigenvalue weighted by Crippen LogP contribution is -2.57. The molecule has 0 radical (unpaired) electrons. The van der Waals surface area contributed by atoms with Crippen LogP contribution in [0.4, 0.5) is 4.79 Å². The summed E-state index contributed by atoms with van der Waals surface area (Å²) in [6.45, 7) is 11.0. The average molecular weight is 541 g/mol. The molecule has 0 bridgehead atoms. The van der Waals surface area contributed by atoms with E-state index in [1.54, 1.807) is 0 Å². The van der Waals surface area contributed by atoms with Crippen molar-refractivity contribution >= 4 is 6.03 Å². The standard InChI is InChI=1S/C34H56N2O3/c1-21-12-17-34(38-20-21)22(2)30-29(39-34)19-28-26-11-10-23-18-25(36-31(37)35-24-8-6-5-7-9-24)13-15-32(23,3)27(26)14-16-33(28,30)4/h21-30H,5-20H2,1-4H3,(H2,35,36,37)/t21?,22-,23-,25+,26+,27-,28-,29-,30-,32-,33-,34+/m0/s1. The zero-order chi connectivity index (χ0) is 27.0. The van der Waals surface area contributed by atoms with Crippen LogP contribution in [0.2, 0.25) is 0 Å². The van der Waals surface area contributed by atoms with Gasteiger partial charge >= 0.3 is 6.03 Å². The van der Waals surface area contributed by atoms with Crippen molar-refractivity contribution < 1.29 is 14.3 Å². The van der Waals surface area contributed by atoms with E-state index in [4.69, 9.17) is 9.47 Å². The van der Waals surface area contributed by atoms with Gasteiger partial charge in [0.25, 0.3) is 0 Å². The van der Waals surface area contributed by atoms with Crippen LogP contribution in [0.25, 0.3) is 0 Å². The zero-order valence-electron chi connectivity index (χ0n) is 25.3. The Morgan fingerprint density at radius 1 is 0.769 bits per heavy atom. The lowest BCUT2D eigenvalue weighted by atomic mass is 9.44. The topological polar surface area (TPSA) is 59.6 Å². The van der Waals surface area contributed by atoms with Gasteiger partial charge in [0, 0.05) is 24.4 Å². The molecule has 5 heteroatoms. The van der Waals surface area contributed by atoms with Gasteiger partial charge in [0.15, 0.2) is 5.79 Å². The Kier molecular flexibility index (Phi) is 6.86. The smallest absolute Gasteiger partial charge is 0.315 e. The first kappa shape index (κ1) is 27.0. The SMILES string of the molecule is CC1CC[C@@]2(OC1)O[C@H]1C[C@H]3[C@@H]4CC[C@H]5C[C@H](NC(=O)NC6CCCCC6)CC[C@]5(C)[C@H]4CC[C@]3(C)[C@H]1[C@@H]2C. The van der Waals surface area contributed by atoms with Crippen LogP contribution >= 0.6 is 0 Å². The number of carbonyl (C=O) groups is 1. The predicted molar refractivity (Wildman–Crippen MR) is 154 cm³/mol. The highest BCUT2D eigenvalue weighted by atomic mass is 16.7. The molecule has 12 atom stereocenters. The van der Waals surface area contributed by atoms with Crippen molar-refractivity contribution in [1.29, 1.82) is 0 Å². The van der Waals surface area contributed by atoms with Crippen molar-refractivity contribution in [3.05, 3.63) is 0 Å². The molecule has 39 heavy (non-hydrogen) atoms. The number of hydrogen-bond acceptors (Lipinski definition) is 3. The number of nitrogens with one attached hydrogen (secondary N) is 2. The fourth-order valence-electron chi connectivity index (χ4n) is 12.1. The Labute approximate surface area is 237 Å². The van der Waals surface area contributed by atoms with Crippen LogP contribution in [0.3, 0.4) is 0 Å². The summed E-state index contributed by atoms with van der Waals surface area (Å²) in [6, 6.07) is 0.838. The first-order valence-corrected chi connectivity index (χ1v) is 17.1. The third kappa shape index (κ3) is 4.33. The van der Waals surface area contributed by atoms with Crippen molar-refractivity contribution in [1.82, 2.24) is 10.6 Å². The van der Waals surface area contributed by atoms with Gasteiger partial charge in [0.05, 0.1) is 12.7 Å². The van der Waals surface area contributed by atoms with Crippen molar-refractivity contribution in [2.24, 2.45) is 52.3 Å². The van der Waals surface area contributed by atoms with Crippen molar-refractivity contribution in [2.45, 2.75) is 148 Å². The fourth-order valence-corrected chi connectivity index (χ4v) is 12.1. The maximum Gasteiger partial charge on any atom is 0.315 e. The molecule has 7 rings (SSSR count). The van der Waals surface area contributed by atoms with Crippen LogP contribution in [-0.4, -0.2) is 36.6 Å². The highest BCUT2D eigenvalue weighted by Crippen LogP contribution is 2.71. The van der Waals surface area contributed by atoms with Crippen molar-refractivity contribution in [3.8, 4) is 0 Å². The van der Waals surface area contributed by atoms with Crippen LogP contribution in [0.1, 0.15) is 124 Å². The summed E-state index contributed by atoms with van der Waals surface area (Å²) in [5.74, 6) is 4.80. The van der Waals surface area contributed by atoms with Gasteiger partial charge in [-0.25, -0.2) is 4.79 Å². The molecule has 220 valence electrons. The Morgan fingerprint density at radius 3 is 2.31 bits per heavy atom. The number of amides is 2. The summed E-state index contributed by atoms with van der Waals surface area (Å²) in [6.07, 6.45) is 19.3. The Morgan fingerprint density at radius 2 is 1.54 bits per heavy atom. The minimum atomic E-state index is -0.301. The van der Waals surface area contributed by atoms with E-state index in [2.05, 4.69) is 38.3 Å². The number of ether oxygens (including phenoxy) is 2. The molecular weight excluding hydrogens is 484 g/mol. The van der Waals surface area contributed by atoms with E-state index < -0.39 is 0 Å². The quantitative estimate of drug-likeness (QED) is 0.383. The van der Waals surface area contributed by atoms with E-state index in [0.717, 1.165) is 56.0 Å². The van der Waals surface area contributed by atoms with Crippen LogP contribution in [0.5, 0.6) is 0 Å². The van der Waals surface area contributed by atoms with Crippen LogP contribution < -0.4 is 10.6 Å². The molecule has 5 nitrogen and oxygen atoms in total. The lowest BCUT2D eigenvalue weighted by molar-refractivity contribution is -0.273. The Balaban J connectivity index is 1.00. The molecule has 5 saturated carbocycles. The molecular formula is C34H56N2O3. The minimum absolute atomic E-state index is 0.0958. The summed E-state index contributed by atoms with van der Waals surface area (Å²) in [5, 5.41) is 6.71. The number of hydrogen-bond donors (Lipinski definition) is 2. The second kappa shape index (κ2) is 9.89. The van der Waals surface area contributed by atoms with Crippen LogP contribution in [-0.2, 0) is 9.47 Å². The van der Waals surface area contributed by atoms with E-state index in [9.17, 15) is 4.79 Å². The molecule has 1 unspecified atom stereocenters. The van der Waals surface area contributed by atoms with E-state index >= 15 is 0 Å².